The SMILES string of the molecule is CC1NC(n2nc(C3CC3)cc2NC(=O)/C=C/c2ccc3c(c2)OCO3)NC(=O)C1C. The maximum absolute atomic E-state index is 12.6. The molecule has 5 rings (SSSR count). The predicted octanol–water partition coefficient (Wildman–Crippen LogP) is 2.34. The van der Waals surface area contributed by atoms with E-state index in [-0.39, 0.29) is 30.6 Å². The molecular weight excluding hydrogens is 398 g/mol. The van der Waals surface area contributed by atoms with Gasteiger partial charge in [-0.1, -0.05) is 13.0 Å². The Morgan fingerprint density at radius 3 is 2.81 bits per heavy atom. The van der Waals surface area contributed by atoms with E-state index in [1.165, 1.54) is 6.08 Å². The molecule has 0 radical (unpaired) electrons. The van der Waals surface area contributed by atoms with Crippen molar-refractivity contribution in [3.8, 4) is 11.5 Å². The first-order valence-corrected chi connectivity index (χ1v) is 10.5. The van der Waals surface area contributed by atoms with Gasteiger partial charge in [0.2, 0.25) is 18.6 Å². The van der Waals surface area contributed by atoms with Crippen LogP contribution < -0.4 is 25.4 Å². The number of aromatic nitrogens is 2. The van der Waals surface area contributed by atoms with E-state index in [4.69, 9.17) is 9.47 Å². The highest BCUT2D eigenvalue weighted by Gasteiger charge is 2.34. The summed E-state index contributed by atoms with van der Waals surface area (Å²) < 4.78 is 12.3. The van der Waals surface area contributed by atoms with Gasteiger partial charge < -0.3 is 20.1 Å². The lowest BCUT2D eigenvalue weighted by molar-refractivity contribution is -0.130. The molecule has 0 spiro atoms. The Labute approximate surface area is 179 Å². The molecule has 3 aliphatic rings. The number of rotatable bonds is 5. The van der Waals surface area contributed by atoms with Crippen LogP contribution in [0.15, 0.2) is 30.3 Å². The Bertz CT molecular complexity index is 1060. The van der Waals surface area contributed by atoms with Gasteiger partial charge in [0, 0.05) is 24.1 Å². The summed E-state index contributed by atoms with van der Waals surface area (Å²) in [5, 5.41) is 13.9. The second-order valence-corrected chi connectivity index (χ2v) is 8.26. The highest BCUT2D eigenvalue weighted by Crippen LogP contribution is 2.40. The monoisotopic (exact) mass is 423 g/mol. The van der Waals surface area contributed by atoms with Gasteiger partial charge in [-0.2, -0.15) is 5.10 Å². The van der Waals surface area contributed by atoms with Crippen molar-refractivity contribution in [1.82, 2.24) is 20.4 Å². The zero-order valence-electron chi connectivity index (χ0n) is 17.4. The normalized spacial score (nSPS) is 25.0. The standard InChI is InChI=1S/C22H25N5O4/c1-12-13(2)23-22(25-21(12)29)27-19(10-16(26-27)15-5-6-15)24-20(28)8-4-14-3-7-17-18(9-14)31-11-30-17/h3-4,7-10,12-13,15,22-23H,5-6,11H2,1-2H3,(H,24,28)(H,25,29)/b8-4+. The molecule has 1 aromatic carbocycles. The fraction of sp³-hybridized carbons (Fsp3) is 0.409. The predicted molar refractivity (Wildman–Crippen MR) is 113 cm³/mol. The summed E-state index contributed by atoms with van der Waals surface area (Å²) in [6, 6.07) is 7.38. The molecule has 2 amide bonds. The Kier molecular flexibility index (Phi) is 4.90. The second-order valence-electron chi connectivity index (χ2n) is 8.26. The average molecular weight is 423 g/mol. The van der Waals surface area contributed by atoms with Crippen LogP contribution in [0.1, 0.15) is 50.2 Å². The fourth-order valence-corrected chi connectivity index (χ4v) is 3.70. The molecule has 0 bridgehead atoms. The molecule has 2 aliphatic heterocycles. The summed E-state index contributed by atoms with van der Waals surface area (Å²) in [7, 11) is 0. The van der Waals surface area contributed by atoms with Crippen molar-refractivity contribution >= 4 is 23.7 Å². The molecule has 3 atom stereocenters. The van der Waals surface area contributed by atoms with Gasteiger partial charge in [-0.05, 0) is 43.5 Å². The molecular formula is C22H25N5O4. The zero-order valence-corrected chi connectivity index (χ0v) is 17.4. The number of fused-ring (bicyclic) bond motifs is 1. The first-order chi connectivity index (χ1) is 15.0. The Balaban J connectivity index is 1.33. The molecule has 1 saturated heterocycles. The van der Waals surface area contributed by atoms with E-state index in [0.717, 1.165) is 24.1 Å². The highest BCUT2D eigenvalue weighted by atomic mass is 16.7. The van der Waals surface area contributed by atoms with Crippen LogP contribution in [0.4, 0.5) is 5.82 Å². The van der Waals surface area contributed by atoms with Crippen LogP contribution in [-0.4, -0.2) is 34.4 Å². The van der Waals surface area contributed by atoms with Gasteiger partial charge in [-0.25, -0.2) is 4.68 Å². The van der Waals surface area contributed by atoms with Crippen molar-refractivity contribution in [3.63, 3.8) is 0 Å². The lowest BCUT2D eigenvalue weighted by Gasteiger charge is -2.34. The molecule has 31 heavy (non-hydrogen) atoms. The molecule has 3 heterocycles. The summed E-state index contributed by atoms with van der Waals surface area (Å²) in [6.45, 7) is 4.05. The number of hydrogen-bond acceptors (Lipinski definition) is 6. The minimum absolute atomic E-state index is 0.0122. The van der Waals surface area contributed by atoms with Gasteiger partial charge >= 0.3 is 0 Å². The molecule has 9 heteroatoms. The maximum atomic E-state index is 12.6. The Morgan fingerprint density at radius 1 is 1.23 bits per heavy atom. The van der Waals surface area contributed by atoms with E-state index in [1.807, 2.05) is 38.1 Å². The van der Waals surface area contributed by atoms with Crippen molar-refractivity contribution in [2.75, 3.05) is 12.1 Å². The second kappa shape index (κ2) is 7.73. The average Bonchev–Trinajstić information content (AvgIpc) is 3.35. The number of nitrogens with zero attached hydrogens (tertiary/aromatic N) is 2. The van der Waals surface area contributed by atoms with Crippen LogP contribution in [0.25, 0.3) is 6.08 Å². The molecule has 2 fully saturated rings. The molecule has 1 saturated carbocycles. The zero-order chi connectivity index (χ0) is 21.5. The quantitative estimate of drug-likeness (QED) is 0.638. The molecule has 162 valence electrons. The number of nitrogens with one attached hydrogen (secondary N) is 3. The maximum Gasteiger partial charge on any atom is 0.249 e. The fourth-order valence-electron chi connectivity index (χ4n) is 3.70. The van der Waals surface area contributed by atoms with Gasteiger partial charge in [-0.15, -0.1) is 0 Å². The van der Waals surface area contributed by atoms with Crippen molar-refractivity contribution in [1.29, 1.82) is 0 Å². The molecule has 1 aliphatic carbocycles. The number of amides is 2. The summed E-state index contributed by atoms with van der Waals surface area (Å²) in [6.07, 6.45) is 4.84. The lowest BCUT2D eigenvalue weighted by Crippen LogP contribution is -2.57. The summed E-state index contributed by atoms with van der Waals surface area (Å²) in [5.74, 6) is 1.85. The van der Waals surface area contributed by atoms with Crippen LogP contribution in [0.3, 0.4) is 0 Å². The van der Waals surface area contributed by atoms with E-state index in [9.17, 15) is 9.59 Å². The third kappa shape index (κ3) is 4.00. The van der Waals surface area contributed by atoms with Crippen molar-refractivity contribution in [3.05, 3.63) is 41.6 Å². The number of ether oxygens (including phenoxy) is 2. The van der Waals surface area contributed by atoms with Gasteiger partial charge in [0.1, 0.15) is 5.82 Å². The highest BCUT2D eigenvalue weighted by molar-refractivity contribution is 6.01. The minimum Gasteiger partial charge on any atom is -0.454 e. The van der Waals surface area contributed by atoms with Crippen LogP contribution in [0.5, 0.6) is 11.5 Å². The van der Waals surface area contributed by atoms with E-state index < -0.39 is 6.29 Å². The Hall–Kier alpha value is -3.33. The first kappa shape index (κ1) is 19.6. The van der Waals surface area contributed by atoms with Crippen molar-refractivity contribution < 1.29 is 19.1 Å². The molecule has 9 nitrogen and oxygen atoms in total. The number of hydrogen-bond donors (Lipinski definition) is 3. The topological polar surface area (TPSA) is 107 Å². The van der Waals surface area contributed by atoms with E-state index in [2.05, 4.69) is 21.0 Å². The molecule has 3 unspecified atom stereocenters. The molecule has 1 aromatic heterocycles. The minimum atomic E-state index is -0.515. The van der Waals surface area contributed by atoms with Gasteiger partial charge in [0.25, 0.3) is 0 Å². The van der Waals surface area contributed by atoms with Crippen molar-refractivity contribution in [2.24, 2.45) is 5.92 Å². The van der Waals surface area contributed by atoms with Crippen LogP contribution >= 0.6 is 0 Å². The Morgan fingerprint density at radius 2 is 2.03 bits per heavy atom. The third-order valence-corrected chi connectivity index (χ3v) is 5.93. The number of anilines is 1. The van der Waals surface area contributed by atoms with Gasteiger partial charge in [0.05, 0.1) is 11.6 Å². The van der Waals surface area contributed by atoms with Crippen LogP contribution in [0, 0.1) is 5.92 Å². The third-order valence-electron chi connectivity index (χ3n) is 5.93. The van der Waals surface area contributed by atoms with E-state index in [1.54, 1.807) is 10.8 Å². The van der Waals surface area contributed by atoms with Crippen molar-refractivity contribution in [2.45, 2.75) is 44.9 Å². The first-order valence-electron chi connectivity index (χ1n) is 10.5. The largest absolute Gasteiger partial charge is 0.454 e. The molecule has 2 aromatic rings. The van der Waals surface area contributed by atoms with E-state index in [0.29, 0.717) is 23.2 Å². The smallest absolute Gasteiger partial charge is 0.249 e. The van der Waals surface area contributed by atoms with Crippen LogP contribution in [-0.2, 0) is 9.59 Å². The molecule has 3 N–H and O–H groups in total. The summed E-state index contributed by atoms with van der Waals surface area (Å²) in [5.41, 5.74) is 1.76. The van der Waals surface area contributed by atoms with Crippen LogP contribution in [0.2, 0.25) is 0 Å². The number of benzene rings is 1. The summed E-state index contributed by atoms with van der Waals surface area (Å²) in [4.78, 5) is 24.9. The van der Waals surface area contributed by atoms with E-state index >= 15 is 0 Å². The van der Waals surface area contributed by atoms with Gasteiger partial charge in [-0.3, -0.25) is 14.9 Å². The summed E-state index contributed by atoms with van der Waals surface area (Å²) >= 11 is 0. The number of carbonyl (C=O) groups is 2. The number of carbonyl (C=O) groups excluding carboxylic acids is 2. The van der Waals surface area contributed by atoms with Gasteiger partial charge in [0.15, 0.2) is 17.8 Å². The lowest BCUT2D eigenvalue weighted by atomic mass is 10.0.